The summed E-state index contributed by atoms with van der Waals surface area (Å²) in [7, 11) is 4.11. The number of hydrogen-bond acceptors (Lipinski definition) is 2. The molecule has 0 saturated carbocycles. The molecule has 0 atom stereocenters. The number of hydrogen-bond donors (Lipinski definition) is 1. The Bertz CT molecular complexity index is 639. The summed E-state index contributed by atoms with van der Waals surface area (Å²) in [4.78, 5) is 14.7. The monoisotopic (exact) mass is 285 g/mol. The summed E-state index contributed by atoms with van der Waals surface area (Å²) in [6.45, 7) is 3.05. The number of carbonyl (C=O) groups is 1. The maximum absolute atomic E-state index is 12.4. The van der Waals surface area contributed by atoms with Crippen molar-refractivity contribution in [2.24, 2.45) is 13.0 Å². The Labute approximate surface area is 125 Å². The first-order chi connectivity index (χ1) is 10.1. The Morgan fingerprint density at radius 3 is 2.67 bits per heavy atom. The molecule has 112 valence electrons. The maximum Gasteiger partial charge on any atom is 0.267 e. The van der Waals surface area contributed by atoms with Crippen LogP contribution in [0.25, 0.3) is 10.9 Å². The van der Waals surface area contributed by atoms with E-state index in [1.54, 1.807) is 0 Å². The van der Waals surface area contributed by atoms with E-state index in [4.69, 9.17) is 0 Å². The van der Waals surface area contributed by atoms with Gasteiger partial charge >= 0.3 is 0 Å². The Morgan fingerprint density at radius 1 is 1.24 bits per heavy atom. The first-order valence-electron chi connectivity index (χ1n) is 7.66. The SMILES string of the molecule is CN1CCC(CNC(=O)c2cc3ccccc3n2C)CC1. The molecule has 1 fully saturated rings. The Morgan fingerprint density at radius 2 is 1.95 bits per heavy atom. The molecule has 2 heterocycles. The van der Waals surface area contributed by atoms with Gasteiger partial charge in [-0.1, -0.05) is 18.2 Å². The number of para-hydroxylation sites is 1. The number of likely N-dealkylation sites (tertiary alicyclic amines) is 1. The quantitative estimate of drug-likeness (QED) is 0.939. The van der Waals surface area contributed by atoms with Crippen LogP contribution in [0, 0.1) is 5.92 Å². The molecule has 0 radical (unpaired) electrons. The van der Waals surface area contributed by atoms with Gasteiger partial charge in [0.2, 0.25) is 0 Å². The van der Waals surface area contributed by atoms with Crippen molar-refractivity contribution in [2.75, 3.05) is 26.7 Å². The number of nitrogens with one attached hydrogen (secondary N) is 1. The smallest absolute Gasteiger partial charge is 0.267 e. The number of aryl methyl sites for hydroxylation is 1. The normalized spacial score (nSPS) is 17.2. The van der Waals surface area contributed by atoms with Crippen molar-refractivity contribution < 1.29 is 4.79 Å². The van der Waals surface area contributed by atoms with Crippen molar-refractivity contribution >= 4 is 16.8 Å². The number of rotatable bonds is 3. The molecule has 3 rings (SSSR count). The molecule has 21 heavy (non-hydrogen) atoms. The van der Waals surface area contributed by atoms with E-state index in [0.717, 1.165) is 36.2 Å². The van der Waals surface area contributed by atoms with Crippen molar-refractivity contribution in [3.8, 4) is 0 Å². The molecule has 1 aromatic carbocycles. The van der Waals surface area contributed by atoms with Gasteiger partial charge in [-0.15, -0.1) is 0 Å². The van der Waals surface area contributed by atoms with Crippen LogP contribution in [-0.2, 0) is 7.05 Å². The molecular weight excluding hydrogens is 262 g/mol. The highest BCUT2D eigenvalue weighted by molar-refractivity contribution is 5.98. The van der Waals surface area contributed by atoms with Crippen molar-refractivity contribution in [3.05, 3.63) is 36.0 Å². The Balaban J connectivity index is 1.65. The third-order valence-corrected chi connectivity index (χ3v) is 4.57. The van der Waals surface area contributed by atoms with Crippen molar-refractivity contribution in [3.63, 3.8) is 0 Å². The number of benzene rings is 1. The number of nitrogens with zero attached hydrogens (tertiary/aromatic N) is 2. The molecule has 0 spiro atoms. The van der Waals surface area contributed by atoms with E-state index in [2.05, 4.69) is 17.3 Å². The minimum atomic E-state index is 0.0348. The van der Waals surface area contributed by atoms with Gasteiger partial charge in [0, 0.05) is 24.5 Å². The lowest BCUT2D eigenvalue weighted by molar-refractivity contribution is 0.0931. The molecule has 0 bridgehead atoms. The van der Waals surface area contributed by atoms with Gasteiger partial charge in [0.1, 0.15) is 5.69 Å². The minimum Gasteiger partial charge on any atom is -0.350 e. The largest absolute Gasteiger partial charge is 0.350 e. The standard InChI is InChI=1S/C17H23N3O/c1-19-9-7-13(8-10-19)12-18-17(21)16-11-14-5-3-4-6-15(14)20(16)2/h3-6,11,13H,7-10,12H2,1-2H3,(H,18,21). The highest BCUT2D eigenvalue weighted by Crippen LogP contribution is 2.19. The van der Waals surface area contributed by atoms with Gasteiger partial charge in [0.25, 0.3) is 5.91 Å². The van der Waals surface area contributed by atoms with Gasteiger partial charge in [-0.2, -0.15) is 0 Å². The number of aromatic nitrogens is 1. The molecule has 0 aliphatic carbocycles. The van der Waals surface area contributed by atoms with E-state index in [9.17, 15) is 4.79 Å². The summed E-state index contributed by atoms with van der Waals surface area (Å²) < 4.78 is 1.97. The van der Waals surface area contributed by atoms with Crippen LogP contribution in [0.15, 0.2) is 30.3 Å². The van der Waals surface area contributed by atoms with E-state index in [0.29, 0.717) is 5.92 Å². The highest BCUT2D eigenvalue weighted by atomic mass is 16.1. The lowest BCUT2D eigenvalue weighted by Crippen LogP contribution is -2.37. The summed E-state index contributed by atoms with van der Waals surface area (Å²) in [6.07, 6.45) is 2.35. The first-order valence-corrected chi connectivity index (χ1v) is 7.66. The predicted octanol–water partition coefficient (Wildman–Crippen LogP) is 2.25. The minimum absolute atomic E-state index is 0.0348. The highest BCUT2D eigenvalue weighted by Gasteiger charge is 2.18. The lowest BCUT2D eigenvalue weighted by Gasteiger charge is -2.28. The van der Waals surface area contributed by atoms with Crippen LogP contribution in [-0.4, -0.2) is 42.1 Å². The molecular formula is C17H23N3O. The van der Waals surface area contributed by atoms with Crippen LogP contribution >= 0.6 is 0 Å². The molecule has 1 aliphatic rings. The number of carbonyl (C=O) groups excluding carboxylic acids is 1. The van der Waals surface area contributed by atoms with E-state index >= 15 is 0 Å². The van der Waals surface area contributed by atoms with Gasteiger partial charge < -0.3 is 14.8 Å². The van der Waals surface area contributed by atoms with Gasteiger partial charge in [0.05, 0.1) is 0 Å². The molecule has 1 amide bonds. The van der Waals surface area contributed by atoms with Crippen molar-refractivity contribution in [1.29, 1.82) is 0 Å². The molecule has 1 aliphatic heterocycles. The summed E-state index contributed by atoms with van der Waals surface area (Å²) in [5.41, 5.74) is 1.84. The average molecular weight is 285 g/mol. The van der Waals surface area contributed by atoms with E-state index in [1.807, 2.05) is 41.9 Å². The van der Waals surface area contributed by atoms with Crippen LogP contribution < -0.4 is 5.32 Å². The maximum atomic E-state index is 12.4. The number of piperidine rings is 1. The zero-order valence-corrected chi connectivity index (χ0v) is 12.8. The van der Waals surface area contributed by atoms with Crippen LogP contribution in [0.4, 0.5) is 0 Å². The van der Waals surface area contributed by atoms with Crippen molar-refractivity contribution in [2.45, 2.75) is 12.8 Å². The summed E-state index contributed by atoms with van der Waals surface area (Å²) >= 11 is 0. The Hall–Kier alpha value is -1.81. The second-order valence-electron chi connectivity index (χ2n) is 6.10. The number of amides is 1. The molecule has 4 nitrogen and oxygen atoms in total. The summed E-state index contributed by atoms with van der Waals surface area (Å²) in [5, 5.41) is 4.22. The fourth-order valence-electron chi connectivity index (χ4n) is 3.10. The molecule has 1 saturated heterocycles. The second kappa shape index (κ2) is 5.90. The summed E-state index contributed by atoms with van der Waals surface area (Å²) in [6, 6.07) is 10.1. The van der Waals surface area contributed by atoms with Gasteiger partial charge in [0.15, 0.2) is 0 Å². The third-order valence-electron chi connectivity index (χ3n) is 4.57. The molecule has 4 heteroatoms. The van der Waals surface area contributed by atoms with Crippen molar-refractivity contribution in [1.82, 2.24) is 14.8 Å². The first kappa shape index (κ1) is 14.1. The predicted molar refractivity (Wildman–Crippen MR) is 85.5 cm³/mol. The lowest BCUT2D eigenvalue weighted by atomic mass is 9.97. The van der Waals surface area contributed by atoms with Gasteiger partial charge in [-0.25, -0.2) is 0 Å². The molecule has 1 aromatic heterocycles. The third kappa shape index (κ3) is 2.95. The summed E-state index contributed by atoms with van der Waals surface area (Å²) in [5.74, 6) is 0.646. The molecule has 0 unspecified atom stereocenters. The zero-order chi connectivity index (χ0) is 14.8. The fraction of sp³-hybridized carbons (Fsp3) is 0.471. The van der Waals surface area contributed by atoms with E-state index < -0.39 is 0 Å². The zero-order valence-electron chi connectivity index (χ0n) is 12.8. The van der Waals surface area contributed by atoms with Crippen LogP contribution in [0.1, 0.15) is 23.3 Å². The van der Waals surface area contributed by atoms with Crippen LogP contribution in [0.5, 0.6) is 0 Å². The van der Waals surface area contributed by atoms with Gasteiger partial charge in [-0.3, -0.25) is 4.79 Å². The topological polar surface area (TPSA) is 37.3 Å². The van der Waals surface area contributed by atoms with Crippen LogP contribution in [0.3, 0.4) is 0 Å². The molecule has 1 N–H and O–H groups in total. The van der Waals surface area contributed by atoms with Gasteiger partial charge in [-0.05, 0) is 51.0 Å². The second-order valence-corrected chi connectivity index (χ2v) is 6.10. The number of fused-ring (bicyclic) bond motifs is 1. The average Bonchev–Trinajstić information content (AvgIpc) is 2.84. The van der Waals surface area contributed by atoms with Crippen LogP contribution in [0.2, 0.25) is 0 Å². The molecule has 2 aromatic rings. The fourth-order valence-corrected chi connectivity index (χ4v) is 3.10. The Kier molecular flexibility index (Phi) is 3.97. The van der Waals surface area contributed by atoms with E-state index in [1.165, 1.54) is 12.8 Å². The van der Waals surface area contributed by atoms with E-state index in [-0.39, 0.29) is 5.91 Å².